The first-order valence-corrected chi connectivity index (χ1v) is 9.86. The van der Waals surface area contributed by atoms with Crippen LogP contribution in [0.3, 0.4) is 0 Å². The Hall–Kier alpha value is -2.17. The van der Waals surface area contributed by atoms with Gasteiger partial charge in [0.05, 0.1) is 11.1 Å². The van der Waals surface area contributed by atoms with Crippen molar-refractivity contribution in [2.24, 2.45) is 5.92 Å². The highest BCUT2D eigenvalue weighted by Crippen LogP contribution is 2.39. The Morgan fingerprint density at radius 3 is 2.92 bits per heavy atom. The van der Waals surface area contributed by atoms with Crippen LogP contribution in [0.25, 0.3) is 0 Å². The minimum atomic E-state index is -0.576. The number of hydrogen-bond donors (Lipinski definition) is 1. The zero-order chi connectivity index (χ0) is 18.7. The van der Waals surface area contributed by atoms with Gasteiger partial charge in [0.1, 0.15) is 11.1 Å². The number of nitriles is 1. The molecule has 0 fully saturated rings. The Kier molecular flexibility index (Phi) is 5.74. The van der Waals surface area contributed by atoms with Gasteiger partial charge in [-0.3, -0.25) is 4.79 Å². The number of hydrogen-bond acceptors (Lipinski definition) is 5. The smallest absolute Gasteiger partial charge is 0.339 e. The number of nitrogens with one attached hydrogen (secondary N) is 1. The summed E-state index contributed by atoms with van der Waals surface area (Å²) in [6, 6.07) is 9.06. The number of ether oxygens (including phenoxy) is 1. The lowest BCUT2D eigenvalue weighted by molar-refractivity contribution is -0.119. The van der Waals surface area contributed by atoms with Gasteiger partial charge in [-0.2, -0.15) is 5.26 Å². The molecule has 1 atom stereocenters. The van der Waals surface area contributed by atoms with E-state index in [2.05, 4.69) is 34.2 Å². The summed E-state index contributed by atoms with van der Waals surface area (Å²) in [5.41, 5.74) is 1.96. The first-order chi connectivity index (χ1) is 12.5. The van der Waals surface area contributed by atoms with Crippen LogP contribution in [0.5, 0.6) is 0 Å². The van der Waals surface area contributed by atoms with Crippen LogP contribution in [0, 0.1) is 17.2 Å². The largest absolute Gasteiger partial charge is 0.452 e. The Morgan fingerprint density at radius 1 is 1.42 bits per heavy atom. The predicted molar refractivity (Wildman–Crippen MR) is 103 cm³/mol. The summed E-state index contributed by atoms with van der Waals surface area (Å²) in [5, 5.41) is 12.7. The van der Waals surface area contributed by atoms with E-state index in [0.717, 1.165) is 24.8 Å². The molecule has 2 aromatic rings. The molecule has 0 saturated carbocycles. The molecule has 1 aromatic carbocycles. The van der Waals surface area contributed by atoms with Gasteiger partial charge in [-0.1, -0.05) is 19.1 Å². The fourth-order valence-corrected chi connectivity index (χ4v) is 4.78. The fraction of sp³-hybridized carbons (Fsp3) is 0.316. The van der Waals surface area contributed by atoms with E-state index >= 15 is 0 Å². The molecule has 0 aliphatic heterocycles. The van der Waals surface area contributed by atoms with Crippen LogP contribution in [0.1, 0.15) is 39.7 Å². The summed E-state index contributed by atoms with van der Waals surface area (Å²) < 4.78 is 5.68. The van der Waals surface area contributed by atoms with Crippen LogP contribution < -0.4 is 5.32 Å². The molecule has 0 spiro atoms. The van der Waals surface area contributed by atoms with Crippen LogP contribution in [0.4, 0.5) is 5.00 Å². The van der Waals surface area contributed by atoms with Crippen molar-refractivity contribution >= 4 is 44.1 Å². The molecule has 0 unspecified atom stereocenters. The Labute approximate surface area is 164 Å². The molecular weight excluding hydrogens is 416 g/mol. The van der Waals surface area contributed by atoms with Gasteiger partial charge in [0, 0.05) is 9.35 Å². The number of halogens is 1. The van der Waals surface area contributed by atoms with Gasteiger partial charge in [-0.25, -0.2) is 4.79 Å². The summed E-state index contributed by atoms with van der Waals surface area (Å²) >= 11 is 4.73. The number of esters is 1. The number of amides is 1. The molecule has 1 aliphatic rings. The SMILES string of the molecule is C[C@@H]1CCc2c(sc(NC(=O)COC(=O)c3ccccc3Br)c2C#N)C1. The standard InChI is InChI=1S/C19H17BrN2O3S/c1-11-6-7-12-14(9-21)18(26-16(12)8-11)22-17(23)10-25-19(24)13-4-2-3-5-15(13)20/h2-5,11H,6-8,10H2,1H3,(H,22,23)/t11-/m1/s1. The maximum absolute atomic E-state index is 12.2. The Balaban J connectivity index is 1.65. The van der Waals surface area contributed by atoms with E-state index in [-0.39, 0.29) is 0 Å². The highest BCUT2D eigenvalue weighted by atomic mass is 79.9. The summed E-state index contributed by atoms with van der Waals surface area (Å²) in [4.78, 5) is 25.4. The maximum atomic E-state index is 12.2. The molecule has 0 saturated heterocycles. The number of benzene rings is 1. The minimum absolute atomic E-state index is 0.360. The quantitative estimate of drug-likeness (QED) is 0.730. The maximum Gasteiger partial charge on any atom is 0.339 e. The number of fused-ring (bicyclic) bond motifs is 1. The van der Waals surface area contributed by atoms with Gasteiger partial charge in [0.15, 0.2) is 6.61 Å². The van der Waals surface area contributed by atoms with Crippen molar-refractivity contribution in [1.29, 1.82) is 5.26 Å². The summed E-state index contributed by atoms with van der Waals surface area (Å²) in [6.07, 6.45) is 2.85. The van der Waals surface area contributed by atoms with E-state index in [0.29, 0.717) is 26.5 Å². The van der Waals surface area contributed by atoms with Crippen molar-refractivity contribution in [2.75, 3.05) is 11.9 Å². The summed E-state index contributed by atoms with van der Waals surface area (Å²) in [7, 11) is 0. The van der Waals surface area contributed by atoms with Crippen molar-refractivity contribution in [1.82, 2.24) is 0 Å². The molecule has 0 bridgehead atoms. The van der Waals surface area contributed by atoms with Gasteiger partial charge < -0.3 is 10.1 Å². The molecule has 134 valence electrons. The highest BCUT2D eigenvalue weighted by Gasteiger charge is 2.25. The average Bonchev–Trinajstić information content (AvgIpc) is 2.95. The van der Waals surface area contributed by atoms with Crippen molar-refractivity contribution in [3.63, 3.8) is 0 Å². The van der Waals surface area contributed by atoms with Crippen molar-refractivity contribution < 1.29 is 14.3 Å². The second kappa shape index (κ2) is 8.02. The van der Waals surface area contributed by atoms with Crippen LogP contribution in [-0.4, -0.2) is 18.5 Å². The molecule has 7 heteroatoms. The van der Waals surface area contributed by atoms with Gasteiger partial charge in [0.25, 0.3) is 5.91 Å². The van der Waals surface area contributed by atoms with E-state index in [1.165, 1.54) is 16.2 Å². The Morgan fingerprint density at radius 2 is 2.19 bits per heavy atom. The van der Waals surface area contributed by atoms with E-state index in [4.69, 9.17) is 4.74 Å². The zero-order valence-corrected chi connectivity index (χ0v) is 16.6. The molecule has 1 heterocycles. The van der Waals surface area contributed by atoms with Gasteiger partial charge in [-0.15, -0.1) is 11.3 Å². The third kappa shape index (κ3) is 3.97. The first kappa shape index (κ1) is 18.6. The number of carbonyl (C=O) groups is 2. The normalized spacial score (nSPS) is 15.7. The van der Waals surface area contributed by atoms with Crippen LogP contribution in [0.2, 0.25) is 0 Å². The molecule has 26 heavy (non-hydrogen) atoms. The Bertz CT molecular complexity index is 901. The third-order valence-corrected chi connectivity index (χ3v) is 6.17. The van der Waals surface area contributed by atoms with Gasteiger partial charge in [0.2, 0.25) is 0 Å². The predicted octanol–water partition coefficient (Wildman–Crippen LogP) is 4.30. The summed E-state index contributed by atoms with van der Waals surface area (Å²) in [6.45, 7) is 1.79. The molecular formula is C19H17BrN2O3S. The number of thiophene rings is 1. The topological polar surface area (TPSA) is 79.2 Å². The average molecular weight is 433 g/mol. The van der Waals surface area contributed by atoms with Gasteiger partial charge >= 0.3 is 5.97 Å². The molecule has 1 N–H and O–H groups in total. The molecule has 0 radical (unpaired) electrons. The van der Waals surface area contributed by atoms with Crippen LogP contribution in [-0.2, 0) is 22.4 Å². The number of anilines is 1. The van der Waals surface area contributed by atoms with Gasteiger partial charge in [-0.05, 0) is 58.8 Å². The van der Waals surface area contributed by atoms with Crippen molar-refractivity contribution in [2.45, 2.75) is 26.2 Å². The number of carbonyl (C=O) groups excluding carboxylic acids is 2. The van der Waals surface area contributed by atoms with E-state index in [1.807, 2.05) is 0 Å². The molecule has 1 aromatic heterocycles. The molecule has 1 aliphatic carbocycles. The molecule has 5 nitrogen and oxygen atoms in total. The third-order valence-electron chi connectivity index (χ3n) is 4.30. The van der Waals surface area contributed by atoms with E-state index in [9.17, 15) is 14.9 Å². The lowest BCUT2D eigenvalue weighted by atomic mass is 9.89. The molecule has 1 amide bonds. The monoisotopic (exact) mass is 432 g/mol. The summed E-state index contributed by atoms with van der Waals surface area (Å²) in [5.74, 6) is -0.442. The van der Waals surface area contributed by atoms with E-state index in [1.54, 1.807) is 24.3 Å². The number of nitrogens with zero attached hydrogens (tertiary/aromatic N) is 1. The first-order valence-electron chi connectivity index (χ1n) is 8.25. The second-order valence-corrected chi connectivity index (χ2v) is 8.23. The van der Waals surface area contributed by atoms with Crippen molar-refractivity contribution in [3.8, 4) is 6.07 Å². The van der Waals surface area contributed by atoms with Crippen molar-refractivity contribution in [3.05, 3.63) is 50.3 Å². The lowest BCUT2D eigenvalue weighted by Gasteiger charge is -2.17. The highest BCUT2D eigenvalue weighted by molar-refractivity contribution is 9.10. The van der Waals surface area contributed by atoms with Crippen LogP contribution in [0.15, 0.2) is 28.7 Å². The minimum Gasteiger partial charge on any atom is -0.452 e. The van der Waals surface area contributed by atoms with E-state index < -0.39 is 18.5 Å². The number of rotatable bonds is 4. The fourth-order valence-electron chi connectivity index (χ4n) is 2.96. The lowest BCUT2D eigenvalue weighted by Crippen LogP contribution is -2.21. The van der Waals surface area contributed by atoms with Crippen LogP contribution >= 0.6 is 27.3 Å². The second-order valence-electron chi connectivity index (χ2n) is 6.27. The molecule has 3 rings (SSSR count). The zero-order valence-electron chi connectivity index (χ0n) is 14.2.